The summed E-state index contributed by atoms with van der Waals surface area (Å²) in [6.07, 6.45) is 1.17. The zero-order valence-electron chi connectivity index (χ0n) is 26.5. The number of benzene rings is 1. The highest BCUT2D eigenvalue weighted by molar-refractivity contribution is 7.89. The van der Waals surface area contributed by atoms with Gasteiger partial charge in [-0.1, -0.05) is 13.3 Å². The molecule has 13 heteroatoms. The van der Waals surface area contributed by atoms with Gasteiger partial charge < -0.3 is 9.72 Å². The molecule has 0 aliphatic carbocycles. The van der Waals surface area contributed by atoms with Crippen LogP contribution in [0.5, 0.6) is 5.75 Å². The van der Waals surface area contributed by atoms with E-state index in [2.05, 4.69) is 20.4 Å². The van der Waals surface area contributed by atoms with Crippen molar-refractivity contribution in [2.24, 2.45) is 12.3 Å². The molecule has 0 spiro atoms. The van der Waals surface area contributed by atoms with Crippen LogP contribution in [0, 0.1) is 4.91 Å². The van der Waals surface area contributed by atoms with Gasteiger partial charge in [-0.3, -0.25) is 14.5 Å². The Kier molecular flexibility index (Phi) is 4.35. The number of hydrogen-bond acceptors (Lipinski definition) is 8. The average Bonchev–Trinajstić information content (AvgIpc) is 3.18. The first kappa shape index (κ1) is 15.6. The van der Waals surface area contributed by atoms with Gasteiger partial charge in [-0.05, 0) is 31.5 Å². The topological polar surface area (TPSA) is 143 Å². The highest BCUT2D eigenvalue weighted by Crippen LogP contribution is 2.32. The summed E-state index contributed by atoms with van der Waals surface area (Å²) in [7, 11) is -3.87. The van der Waals surface area contributed by atoms with Gasteiger partial charge in [0.15, 0.2) is 5.52 Å². The number of sulfonamides is 1. The Balaban J connectivity index is 1.98. The van der Waals surface area contributed by atoms with Crippen molar-refractivity contribution in [2.75, 3.05) is 32.6 Å². The summed E-state index contributed by atoms with van der Waals surface area (Å²) in [5.74, 6) is -0.100. The molecule has 0 unspecified atom stereocenters. The molecule has 0 bridgehead atoms. The smallest absolute Gasteiger partial charge is 0.277 e. The number of aromatic nitrogens is 4. The van der Waals surface area contributed by atoms with Crippen LogP contribution in [0.1, 0.15) is 36.9 Å². The summed E-state index contributed by atoms with van der Waals surface area (Å²) in [6.45, 7) is -11.6. The summed E-state index contributed by atoms with van der Waals surface area (Å²) in [5.41, 5.74) is 0.228. The molecule has 2 aromatic heterocycles. The Morgan fingerprint density at radius 2 is 1.97 bits per heavy atom. The molecular weight excluding hydrogens is 462 g/mol. The number of H-pyrrole nitrogens is 1. The third-order valence-electron chi connectivity index (χ3n) is 4.89. The van der Waals surface area contributed by atoms with E-state index in [9.17, 15) is 18.1 Å². The predicted molar refractivity (Wildman–Crippen MR) is 126 cm³/mol. The summed E-state index contributed by atoms with van der Waals surface area (Å²) in [6, 6.07) is 3.00. The highest BCUT2D eigenvalue weighted by atomic mass is 32.2. The molecule has 12 nitrogen and oxygen atoms in total. The van der Waals surface area contributed by atoms with E-state index in [-0.39, 0.29) is 34.8 Å². The summed E-state index contributed by atoms with van der Waals surface area (Å²) < 4.78 is 99.4. The standard InChI is InChI=1S/C21H27N7O5S/c1-4-6-16-18-19(26(3)24-16)21(29)23-20(22-18)15-13-14(7-8-17(15)33-5-2)34(31,32)28-11-9-27(25-30)10-12-28/h7-8,13H,4-6,9-12H2,1-3H3,(H,22,23,29)/i9D2,10D2,11D2,12D2. The van der Waals surface area contributed by atoms with Crippen molar-refractivity contribution >= 4 is 21.1 Å². The summed E-state index contributed by atoms with van der Waals surface area (Å²) in [4.78, 5) is 30.6. The van der Waals surface area contributed by atoms with Crippen LogP contribution in [0.2, 0.25) is 0 Å². The Hall–Kier alpha value is -3.32. The Morgan fingerprint density at radius 3 is 2.62 bits per heavy atom. The van der Waals surface area contributed by atoms with Gasteiger partial charge in [0.1, 0.15) is 17.1 Å². The maximum absolute atomic E-state index is 13.9. The number of aromatic amines is 1. The summed E-state index contributed by atoms with van der Waals surface area (Å²) in [5, 5.41) is 5.87. The molecule has 3 aromatic rings. The Bertz CT molecular complexity index is 1700. The Morgan fingerprint density at radius 1 is 1.24 bits per heavy atom. The lowest BCUT2D eigenvalue weighted by atomic mass is 10.1. The predicted octanol–water partition coefficient (Wildman–Crippen LogP) is 1.66. The first-order valence-corrected chi connectivity index (χ1v) is 11.7. The maximum atomic E-state index is 13.9. The van der Waals surface area contributed by atoms with E-state index in [0.717, 1.165) is 18.2 Å². The Labute approximate surface area is 207 Å². The fourth-order valence-electron chi connectivity index (χ4n) is 3.42. The second kappa shape index (κ2) is 9.50. The van der Waals surface area contributed by atoms with Gasteiger partial charge in [-0.15, -0.1) is 4.91 Å². The molecule has 1 aromatic carbocycles. The number of nitroso groups, excluding NO2 is 1. The number of nitrogens with one attached hydrogen (secondary N) is 1. The summed E-state index contributed by atoms with van der Waals surface area (Å²) >= 11 is 0. The van der Waals surface area contributed by atoms with Crippen LogP contribution in [-0.4, -0.2) is 70.1 Å². The van der Waals surface area contributed by atoms with Crippen molar-refractivity contribution in [3.63, 3.8) is 0 Å². The quantitative estimate of drug-likeness (QED) is 0.463. The lowest BCUT2D eigenvalue weighted by Gasteiger charge is -2.30. The van der Waals surface area contributed by atoms with E-state index in [0.29, 0.717) is 18.5 Å². The van der Waals surface area contributed by atoms with Gasteiger partial charge in [-0.2, -0.15) is 9.40 Å². The number of hydrogen-bond donors (Lipinski definition) is 1. The minimum absolute atomic E-state index is 0.0477. The average molecular weight is 498 g/mol. The molecule has 34 heavy (non-hydrogen) atoms. The molecule has 1 aliphatic heterocycles. The number of ether oxygens (including phenoxy) is 1. The molecule has 0 saturated carbocycles. The first-order chi connectivity index (χ1) is 19.3. The first-order valence-electron chi connectivity index (χ1n) is 14.2. The van der Waals surface area contributed by atoms with E-state index < -0.39 is 55.8 Å². The largest absolute Gasteiger partial charge is 0.493 e. The number of nitrogens with zero attached hydrogens (tertiary/aromatic N) is 6. The third kappa shape index (κ3) is 4.28. The van der Waals surface area contributed by atoms with Gasteiger partial charge >= 0.3 is 0 Å². The molecule has 1 aliphatic rings. The zero-order valence-corrected chi connectivity index (χ0v) is 19.3. The third-order valence-corrected chi connectivity index (χ3v) is 6.40. The SMILES string of the molecule is [2H]C1([2H])N(N=O)C([2H])([2H])C([2H])([2H])N(S(=O)(=O)c2ccc(OCC)c(-c3nc4c(CCC)nn(C)c4c(=O)[nH]3)c2)C1([2H])[2H]. The van der Waals surface area contributed by atoms with Crippen molar-refractivity contribution in [1.29, 1.82) is 0 Å². The zero-order chi connectivity index (χ0) is 31.6. The van der Waals surface area contributed by atoms with Gasteiger partial charge in [0.25, 0.3) is 5.56 Å². The molecule has 4 rings (SSSR count). The number of rotatable bonds is 8. The number of piperazine rings is 1. The van der Waals surface area contributed by atoms with Crippen molar-refractivity contribution < 1.29 is 24.1 Å². The molecular formula is C21H27N7O5S. The van der Waals surface area contributed by atoms with E-state index >= 15 is 0 Å². The molecule has 1 N–H and O–H groups in total. The van der Waals surface area contributed by atoms with Crippen molar-refractivity contribution in [3.8, 4) is 17.1 Å². The van der Waals surface area contributed by atoms with Crippen molar-refractivity contribution in [3.05, 3.63) is 39.2 Å². The second-order valence-electron chi connectivity index (χ2n) is 7.13. The van der Waals surface area contributed by atoms with Crippen LogP contribution < -0.4 is 10.3 Å². The van der Waals surface area contributed by atoms with E-state index in [1.165, 1.54) is 4.68 Å². The molecule has 1 fully saturated rings. The molecule has 0 radical (unpaired) electrons. The second-order valence-corrected chi connectivity index (χ2v) is 8.92. The van der Waals surface area contributed by atoms with Gasteiger partial charge in [0, 0.05) is 25.5 Å². The fraction of sp³-hybridized carbons (Fsp3) is 0.476. The van der Waals surface area contributed by atoms with Gasteiger partial charge in [0.2, 0.25) is 10.0 Å². The lowest BCUT2D eigenvalue weighted by molar-refractivity contribution is 0.192. The molecule has 1 saturated heterocycles. The number of fused-ring (bicyclic) bond motifs is 1. The van der Waals surface area contributed by atoms with E-state index in [1.54, 1.807) is 14.0 Å². The molecule has 0 amide bonds. The van der Waals surface area contributed by atoms with Crippen molar-refractivity contribution in [1.82, 2.24) is 29.1 Å². The minimum Gasteiger partial charge on any atom is -0.493 e. The molecule has 3 heterocycles. The lowest BCUT2D eigenvalue weighted by Crippen LogP contribution is -2.46. The van der Waals surface area contributed by atoms with Crippen LogP contribution in [-0.2, 0) is 23.5 Å². The normalized spacial score (nSPS) is 24.5. The monoisotopic (exact) mass is 497 g/mol. The van der Waals surface area contributed by atoms with Gasteiger partial charge in [0.05, 0.1) is 46.5 Å². The number of aryl methyl sites for hydroxylation is 2. The molecule has 182 valence electrons. The maximum Gasteiger partial charge on any atom is 0.277 e. The van der Waals surface area contributed by atoms with Crippen LogP contribution in [0.3, 0.4) is 0 Å². The van der Waals surface area contributed by atoms with E-state index in [4.69, 9.17) is 15.7 Å². The van der Waals surface area contributed by atoms with Crippen LogP contribution in [0.25, 0.3) is 22.4 Å². The van der Waals surface area contributed by atoms with Crippen molar-refractivity contribution in [2.45, 2.75) is 31.6 Å². The van der Waals surface area contributed by atoms with E-state index in [1.807, 2.05) is 6.92 Å². The van der Waals surface area contributed by atoms with Crippen LogP contribution >= 0.6 is 0 Å². The van der Waals surface area contributed by atoms with Crippen LogP contribution in [0.4, 0.5) is 0 Å². The highest BCUT2D eigenvalue weighted by Gasteiger charge is 2.30. The molecule has 0 atom stereocenters. The van der Waals surface area contributed by atoms with Crippen LogP contribution in [0.15, 0.2) is 33.2 Å². The fourth-order valence-corrected chi connectivity index (χ4v) is 4.46. The minimum atomic E-state index is -5.44. The van der Waals surface area contributed by atoms with Gasteiger partial charge in [-0.25, -0.2) is 13.4 Å².